The van der Waals surface area contributed by atoms with Gasteiger partial charge in [-0.3, -0.25) is 0 Å². The summed E-state index contributed by atoms with van der Waals surface area (Å²) in [5.41, 5.74) is 0. The van der Waals surface area contributed by atoms with Gasteiger partial charge in [0.1, 0.15) is 0 Å². The molecule has 0 heterocycles. The molecule has 3 atom stereocenters. The van der Waals surface area contributed by atoms with Crippen LogP contribution < -0.4 is 4.72 Å². The Kier molecular flexibility index (Phi) is 6.24. The first-order valence-corrected chi connectivity index (χ1v) is 8.65. The molecule has 1 rings (SSSR count). The molecule has 5 heteroatoms. The van der Waals surface area contributed by atoms with Crippen molar-refractivity contribution >= 4 is 21.6 Å². The van der Waals surface area contributed by atoms with E-state index in [9.17, 15) is 8.42 Å². The highest BCUT2D eigenvalue weighted by Crippen LogP contribution is 2.28. The van der Waals surface area contributed by atoms with Gasteiger partial charge in [-0.25, -0.2) is 13.1 Å². The monoisotopic (exact) mass is 281 g/mol. The molecule has 0 bridgehead atoms. The van der Waals surface area contributed by atoms with Crippen LogP contribution in [0, 0.1) is 17.8 Å². The molecule has 1 aliphatic rings. The standard InChI is InChI=1S/C12H24ClNO2S/c1-10-4-3-5-12(6-10)8-14-17(15,16)9-11(2)7-13/h10-12,14H,3-9H2,1-2H3. The van der Waals surface area contributed by atoms with Crippen molar-refractivity contribution in [3.63, 3.8) is 0 Å². The van der Waals surface area contributed by atoms with E-state index in [4.69, 9.17) is 11.6 Å². The minimum Gasteiger partial charge on any atom is -0.215 e. The summed E-state index contributed by atoms with van der Waals surface area (Å²) in [6.45, 7) is 4.70. The molecule has 0 aliphatic heterocycles. The summed E-state index contributed by atoms with van der Waals surface area (Å²) in [5, 5.41) is 0. The minimum absolute atomic E-state index is 0.0134. The molecular formula is C12H24ClNO2S. The molecule has 0 aromatic rings. The van der Waals surface area contributed by atoms with Gasteiger partial charge in [0.15, 0.2) is 0 Å². The number of alkyl halides is 1. The number of halogens is 1. The zero-order valence-electron chi connectivity index (χ0n) is 10.8. The molecule has 1 N–H and O–H groups in total. The van der Waals surface area contributed by atoms with E-state index >= 15 is 0 Å². The van der Waals surface area contributed by atoms with Crippen LogP contribution in [0.3, 0.4) is 0 Å². The molecule has 0 amide bonds. The Morgan fingerprint density at radius 1 is 1.41 bits per heavy atom. The van der Waals surface area contributed by atoms with Gasteiger partial charge in [0.05, 0.1) is 5.75 Å². The molecule has 0 spiro atoms. The van der Waals surface area contributed by atoms with Crippen molar-refractivity contribution in [2.45, 2.75) is 39.5 Å². The van der Waals surface area contributed by atoms with E-state index in [0.717, 1.165) is 18.8 Å². The third-order valence-corrected chi connectivity index (χ3v) is 5.55. The fourth-order valence-corrected chi connectivity index (χ4v) is 4.18. The predicted octanol–water partition coefficient (Wildman–Crippen LogP) is 2.61. The van der Waals surface area contributed by atoms with Crippen LogP contribution in [0.4, 0.5) is 0 Å². The first kappa shape index (κ1) is 15.3. The zero-order chi connectivity index (χ0) is 12.9. The Morgan fingerprint density at radius 3 is 2.71 bits per heavy atom. The topological polar surface area (TPSA) is 46.2 Å². The third kappa shape index (κ3) is 6.07. The maximum Gasteiger partial charge on any atom is 0.211 e. The Morgan fingerprint density at radius 2 is 2.12 bits per heavy atom. The molecule has 0 aromatic carbocycles. The van der Waals surface area contributed by atoms with E-state index in [0.29, 0.717) is 18.3 Å². The minimum atomic E-state index is -3.14. The average molecular weight is 282 g/mol. The van der Waals surface area contributed by atoms with Gasteiger partial charge < -0.3 is 0 Å². The second kappa shape index (κ2) is 6.95. The predicted molar refractivity (Wildman–Crippen MR) is 72.8 cm³/mol. The maximum absolute atomic E-state index is 11.8. The Hall–Kier alpha value is 0.200. The van der Waals surface area contributed by atoms with Crippen molar-refractivity contribution in [2.75, 3.05) is 18.2 Å². The smallest absolute Gasteiger partial charge is 0.211 e. The van der Waals surface area contributed by atoms with Crippen molar-refractivity contribution in [1.29, 1.82) is 0 Å². The lowest BCUT2D eigenvalue weighted by Gasteiger charge is -2.26. The normalized spacial score (nSPS) is 27.9. The van der Waals surface area contributed by atoms with E-state index in [1.54, 1.807) is 0 Å². The molecule has 1 aliphatic carbocycles. The summed E-state index contributed by atoms with van der Waals surface area (Å²) in [7, 11) is -3.14. The van der Waals surface area contributed by atoms with Crippen molar-refractivity contribution < 1.29 is 8.42 Å². The van der Waals surface area contributed by atoms with Crippen LogP contribution in [0.5, 0.6) is 0 Å². The van der Waals surface area contributed by atoms with E-state index in [1.165, 1.54) is 12.8 Å². The summed E-state index contributed by atoms with van der Waals surface area (Å²) < 4.78 is 26.2. The zero-order valence-corrected chi connectivity index (χ0v) is 12.4. The van der Waals surface area contributed by atoms with Gasteiger partial charge in [0.2, 0.25) is 10.0 Å². The fraction of sp³-hybridized carbons (Fsp3) is 1.00. The van der Waals surface area contributed by atoms with Crippen LogP contribution in [0.2, 0.25) is 0 Å². The highest BCUT2D eigenvalue weighted by atomic mass is 35.5. The summed E-state index contributed by atoms with van der Waals surface area (Å²) in [5.74, 6) is 1.79. The molecule has 1 saturated carbocycles. The van der Waals surface area contributed by atoms with Gasteiger partial charge in [-0.1, -0.05) is 26.7 Å². The highest BCUT2D eigenvalue weighted by Gasteiger charge is 2.21. The average Bonchev–Trinajstić information content (AvgIpc) is 2.26. The molecular weight excluding hydrogens is 258 g/mol. The lowest BCUT2D eigenvalue weighted by Crippen LogP contribution is -2.34. The van der Waals surface area contributed by atoms with Gasteiger partial charge in [-0.2, -0.15) is 0 Å². The molecule has 102 valence electrons. The molecule has 1 fully saturated rings. The first-order chi connectivity index (χ1) is 7.93. The summed E-state index contributed by atoms with van der Waals surface area (Å²) in [6.07, 6.45) is 4.81. The molecule has 3 unspecified atom stereocenters. The van der Waals surface area contributed by atoms with Crippen molar-refractivity contribution in [3.05, 3.63) is 0 Å². The third-order valence-electron chi connectivity index (χ3n) is 3.40. The second-order valence-corrected chi connectivity index (χ2v) is 7.69. The lowest BCUT2D eigenvalue weighted by atomic mass is 9.83. The largest absolute Gasteiger partial charge is 0.215 e. The lowest BCUT2D eigenvalue weighted by molar-refractivity contribution is 0.283. The number of rotatable bonds is 6. The Labute approximate surface area is 110 Å². The number of nitrogens with one attached hydrogen (secondary N) is 1. The van der Waals surface area contributed by atoms with Gasteiger partial charge in [0, 0.05) is 12.4 Å². The second-order valence-electron chi connectivity index (χ2n) is 5.53. The number of sulfonamides is 1. The van der Waals surface area contributed by atoms with Crippen LogP contribution in [0.25, 0.3) is 0 Å². The number of hydrogen-bond acceptors (Lipinski definition) is 2. The van der Waals surface area contributed by atoms with Crippen molar-refractivity contribution in [1.82, 2.24) is 4.72 Å². The van der Waals surface area contributed by atoms with Crippen LogP contribution in [0.15, 0.2) is 0 Å². The number of hydrogen-bond donors (Lipinski definition) is 1. The van der Waals surface area contributed by atoms with Crippen LogP contribution in [-0.4, -0.2) is 26.6 Å². The highest BCUT2D eigenvalue weighted by molar-refractivity contribution is 7.89. The first-order valence-electron chi connectivity index (χ1n) is 6.46. The van der Waals surface area contributed by atoms with Gasteiger partial charge >= 0.3 is 0 Å². The quantitative estimate of drug-likeness (QED) is 0.761. The molecule has 3 nitrogen and oxygen atoms in total. The van der Waals surface area contributed by atoms with E-state index < -0.39 is 10.0 Å². The van der Waals surface area contributed by atoms with Crippen LogP contribution in [0.1, 0.15) is 39.5 Å². The summed E-state index contributed by atoms with van der Waals surface area (Å²) in [6, 6.07) is 0. The molecule has 17 heavy (non-hydrogen) atoms. The molecule has 0 saturated heterocycles. The summed E-state index contributed by atoms with van der Waals surface area (Å²) in [4.78, 5) is 0. The Balaban J connectivity index is 2.33. The van der Waals surface area contributed by atoms with E-state index in [2.05, 4.69) is 11.6 Å². The summed E-state index contributed by atoms with van der Waals surface area (Å²) >= 11 is 5.63. The van der Waals surface area contributed by atoms with E-state index in [-0.39, 0.29) is 11.7 Å². The SMILES string of the molecule is CC1CCCC(CNS(=O)(=O)CC(C)CCl)C1. The molecule has 0 radical (unpaired) electrons. The van der Waals surface area contributed by atoms with Crippen molar-refractivity contribution in [2.24, 2.45) is 17.8 Å². The van der Waals surface area contributed by atoms with Gasteiger partial charge in [-0.05, 0) is 30.6 Å². The van der Waals surface area contributed by atoms with Crippen molar-refractivity contribution in [3.8, 4) is 0 Å². The van der Waals surface area contributed by atoms with Crippen LogP contribution in [-0.2, 0) is 10.0 Å². The van der Waals surface area contributed by atoms with Gasteiger partial charge in [-0.15, -0.1) is 11.6 Å². The fourth-order valence-electron chi connectivity index (χ4n) is 2.47. The van der Waals surface area contributed by atoms with Crippen LogP contribution >= 0.6 is 11.6 Å². The van der Waals surface area contributed by atoms with E-state index in [1.807, 2.05) is 6.92 Å². The maximum atomic E-state index is 11.8. The molecule has 0 aromatic heterocycles. The van der Waals surface area contributed by atoms with Gasteiger partial charge in [0.25, 0.3) is 0 Å². The Bertz CT molecular complexity index is 318.